The number of nitrogens with two attached hydrogens (primary N) is 1. The van der Waals surface area contributed by atoms with Crippen molar-refractivity contribution in [3.05, 3.63) is 30.7 Å². The first-order chi connectivity index (χ1) is 22.5. The molecule has 0 spiro atoms. The molecular formula is C24H27BFN9O9P2S. The summed E-state index contributed by atoms with van der Waals surface area (Å²) in [6, 6.07) is 0. The number of halogens is 1. The summed E-state index contributed by atoms with van der Waals surface area (Å²) in [4.78, 5) is 31.9. The van der Waals surface area contributed by atoms with Gasteiger partial charge < -0.3 is 48.7 Å². The van der Waals surface area contributed by atoms with Crippen LogP contribution in [0.5, 0.6) is 0 Å². The van der Waals surface area contributed by atoms with Crippen molar-refractivity contribution in [2.45, 2.75) is 62.0 Å². The first-order valence-corrected chi connectivity index (χ1v) is 18.7. The van der Waals surface area contributed by atoms with E-state index in [-0.39, 0.29) is 17.0 Å². The Bertz CT molecular complexity index is 1960. The van der Waals surface area contributed by atoms with E-state index in [1.54, 1.807) is 10.8 Å². The van der Waals surface area contributed by atoms with Gasteiger partial charge in [0.25, 0.3) is 7.47 Å². The zero-order chi connectivity index (χ0) is 32.7. The SMILES string of the molecule is [B]P1(=O)OC[C@H]2O[C@@H](n3cnc4c(N)ncnc43)C(F)C2OP(O)(=S)OC[C@H]2O[C@@H](n3cc4c5c(ncnc53)NCCC4)C(O)C2O1. The highest BCUT2D eigenvalue weighted by Gasteiger charge is 2.53. The second-order valence-electron chi connectivity index (χ2n) is 11.4. The van der Waals surface area contributed by atoms with Gasteiger partial charge in [0.2, 0.25) is 7.57 Å². The minimum absolute atomic E-state index is 0.0699. The summed E-state index contributed by atoms with van der Waals surface area (Å²) >= 11 is 5.24. The normalized spacial score (nSPS) is 37.9. The van der Waals surface area contributed by atoms with Crippen molar-refractivity contribution in [1.82, 2.24) is 34.1 Å². The predicted molar refractivity (Wildman–Crippen MR) is 164 cm³/mol. The van der Waals surface area contributed by atoms with Crippen LogP contribution in [-0.2, 0) is 50.4 Å². The van der Waals surface area contributed by atoms with E-state index < -0.39 is 76.6 Å². The standard InChI is InChI=1S/C24H27BFN9O9P2S/c25-45(37)39-5-11-17(14(26)23(41-11)35-9-33-15-19(27)29-7-32-22(15)35)44-46(38,47)40-6-12-18(43-45)16(36)24(42-12)34-4-10-2-1-3-28-20-13(10)21(34)31-8-30-20/h4,7-9,11-12,14,16-18,23-24,36H,1-3,5-6H2,(H,38,47)(H2,27,29,32)(H,28,30,31)/t11-,12-,14?,16?,17?,18?,23-,24-,45?,46?/m1/s1. The van der Waals surface area contributed by atoms with E-state index in [0.717, 1.165) is 30.3 Å². The van der Waals surface area contributed by atoms with E-state index in [0.29, 0.717) is 11.5 Å². The Balaban J connectivity index is 1.08. The lowest BCUT2D eigenvalue weighted by Crippen LogP contribution is -2.38. The van der Waals surface area contributed by atoms with Crippen LogP contribution in [0.2, 0.25) is 0 Å². The molecular weight excluding hydrogens is 682 g/mol. The van der Waals surface area contributed by atoms with Crippen LogP contribution in [0, 0.1) is 0 Å². The third-order valence-electron chi connectivity index (χ3n) is 8.46. The molecule has 2 radical (unpaired) electrons. The molecule has 3 fully saturated rings. The van der Waals surface area contributed by atoms with Crippen molar-refractivity contribution < 1.29 is 46.5 Å². The molecule has 5 N–H and O–H groups in total. The minimum Gasteiger partial charge on any atom is -0.386 e. The number of aromatic nitrogens is 7. The number of aryl methyl sites for hydroxylation is 1. The van der Waals surface area contributed by atoms with Crippen LogP contribution >= 0.6 is 14.2 Å². The molecule has 0 amide bonds. The number of nitrogens with one attached hydrogen (secondary N) is 1. The minimum atomic E-state index is -4.48. The van der Waals surface area contributed by atoms with E-state index in [1.807, 2.05) is 0 Å². The Morgan fingerprint density at radius 2 is 1.77 bits per heavy atom. The van der Waals surface area contributed by atoms with Gasteiger partial charge in [-0.3, -0.25) is 13.7 Å². The summed E-state index contributed by atoms with van der Waals surface area (Å²) < 4.78 is 66.8. The fourth-order valence-corrected chi connectivity index (χ4v) is 8.79. The largest absolute Gasteiger partial charge is 0.386 e. The summed E-state index contributed by atoms with van der Waals surface area (Å²) in [5.41, 5.74) is 7.67. The number of hydrogen-bond acceptors (Lipinski definition) is 16. The van der Waals surface area contributed by atoms with Crippen molar-refractivity contribution in [3.63, 3.8) is 0 Å². The van der Waals surface area contributed by atoms with Gasteiger partial charge in [0.15, 0.2) is 30.1 Å². The van der Waals surface area contributed by atoms with Crippen molar-refractivity contribution in [1.29, 1.82) is 0 Å². The van der Waals surface area contributed by atoms with Gasteiger partial charge in [0.05, 0.1) is 24.9 Å². The Kier molecular flexibility index (Phi) is 7.89. The number of aliphatic hydroxyl groups excluding tert-OH is 1. The average Bonchev–Trinajstić information content (AvgIpc) is 3.73. The van der Waals surface area contributed by atoms with Crippen LogP contribution in [-0.4, -0.2) is 108 Å². The highest BCUT2D eigenvalue weighted by atomic mass is 32.5. The third kappa shape index (κ3) is 5.56. The zero-order valence-corrected chi connectivity index (χ0v) is 26.8. The quantitative estimate of drug-likeness (QED) is 0.168. The molecule has 0 aliphatic carbocycles. The molecule has 4 aromatic rings. The molecule has 0 aromatic carbocycles. The van der Waals surface area contributed by atoms with E-state index >= 15 is 4.39 Å². The van der Waals surface area contributed by atoms with Crippen molar-refractivity contribution in [3.8, 4) is 0 Å². The summed E-state index contributed by atoms with van der Waals surface area (Å²) in [6.45, 7) is -4.60. The van der Waals surface area contributed by atoms with Crippen molar-refractivity contribution >= 4 is 67.4 Å². The number of fused-ring (bicyclic) bond motifs is 3. The van der Waals surface area contributed by atoms with E-state index in [9.17, 15) is 14.6 Å². The first kappa shape index (κ1) is 31.6. The molecule has 4 aromatic heterocycles. The van der Waals surface area contributed by atoms with E-state index in [4.69, 9.17) is 52.7 Å². The third-order valence-corrected chi connectivity index (χ3v) is 11.1. The topological polar surface area (TPSA) is 225 Å². The van der Waals surface area contributed by atoms with Crippen LogP contribution < -0.4 is 11.1 Å². The van der Waals surface area contributed by atoms with E-state index in [1.165, 1.54) is 23.5 Å². The Morgan fingerprint density at radius 3 is 2.62 bits per heavy atom. The van der Waals surface area contributed by atoms with Crippen molar-refractivity contribution in [2.24, 2.45) is 0 Å². The number of ether oxygens (including phenoxy) is 2. The second kappa shape index (κ2) is 11.7. The number of rotatable bonds is 2. The molecule has 6 unspecified atom stereocenters. The number of hydrogen-bond donors (Lipinski definition) is 4. The average molecular weight is 709 g/mol. The number of alkyl halides is 1. The molecule has 8 rings (SSSR count). The molecule has 23 heteroatoms. The van der Waals surface area contributed by atoms with Crippen LogP contribution in [0.1, 0.15) is 24.4 Å². The molecule has 10 atom stereocenters. The predicted octanol–water partition coefficient (Wildman–Crippen LogP) is 1.02. The summed E-state index contributed by atoms with van der Waals surface area (Å²) in [5, 5.41) is 15.5. The highest BCUT2D eigenvalue weighted by molar-refractivity contribution is 8.07. The molecule has 0 saturated carbocycles. The number of imidazole rings is 1. The Hall–Kier alpha value is -2.68. The van der Waals surface area contributed by atoms with Gasteiger partial charge in [0, 0.05) is 12.7 Å². The van der Waals surface area contributed by atoms with Crippen LogP contribution in [0.4, 0.5) is 16.0 Å². The fraction of sp³-hybridized carbons (Fsp3) is 0.542. The number of aliphatic hydroxyl groups is 1. The molecule has 0 bridgehead atoms. The summed E-state index contributed by atoms with van der Waals surface area (Å²) in [7, 11) is 1.50. The van der Waals surface area contributed by atoms with Gasteiger partial charge >= 0.3 is 6.72 Å². The Labute approximate surface area is 271 Å². The maximum absolute atomic E-state index is 16.1. The number of nitrogens with zero attached hydrogens (tertiary/aromatic N) is 7. The van der Waals surface area contributed by atoms with Crippen LogP contribution in [0.3, 0.4) is 0 Å². The molecule has 8 heterocycles. The summed E-state index contributed by atoms with van der Waals surface area (Å²) in [5.74, 6) is 0.720. The lowest BCUT2D eigenvalue weighted by molar-refractivity contribution is -0.0574. The molecule has 47 heavy (non-hydrogen) atoms. The fourth-order valence-electron chi connectivity index (χ4n) is 6.34. The van der Waals surface area contributed by atoms with Crippen LogP contribution in [0.25, 0.3) is 22.2 Å². The van der Waals surface area contributed by atoms with Gasteiger partial charge in [-0.2, -0.15) is 0 Å². The maximum Gasteiger partial charge on any atom is 0.325 e. The molecule has 4 aliphatic heterocycles. The smallest absolute Gasteiger partial charge is 0.325 e. The monoisotopic (exact) mass is 709 g/mol. The second-order valence-corrected chi connectivity index (χ2v) is 15.7. The van der Waals surface area contributed by atoms with Gasteiger partial charge in [-0.1, -0.05) is 0 Å². The molecule has 18 nitrogen and oxygen atoms in total. The van der Waals surface area contributed by atoms with Crippen LogP contribution in [0.15, 0.2) is 25.2 Å². The first-order valence-electron chi connectivity index (χ1n) is 14.5. The molecule has 3 saturated heterocycles. The van der Waals surface area contributed by atoms with Gasteiger partial charge in [-0.15, -0.1) is 0 Å². The summed E-state index contributed by atoms with van der Waals surface area (Å²) in [6.07, 6.45) is -4.24. The molecule has 248 valence electrons. The number of nitrogen functional groups attached to an aromatic ring is 1. The maximum atomic E-state index is 16.1. The van der Waals surface area contributed by atoms with E-state index in [2.05, 4.69) is 30.2 Å². The van der Waals surface area contributed by atoms with Gasteiger partial charge in [0.1, 0.15) is 60.2 Å². The van der Waals surface area contributed by atoms with Gasteiger partial charge in [-0.25, -0.2) is 29.3 Å². The van der Waals surface area contributed by atoms with Crippen molar-refractivity contribution in [2.75, 3.05) is 30.8 Å². The lowest BCUT2D eigenvalue weighted by Gasteiger charge is -2.30. The highest BCUT2D eigenvalue weighted by Crippen LogP contribution is 2.54. The lowest BCUT2D eigenvalue weighted by atomic mass is 10.1. The van der Waals surface area contributed by atoms with Gasteiger partial charge in [-0.05, 0) is 30.2 Å². The zero-order valence-electron chi connectivity index (χ0n) is 24.2. The molecule has 4 aliphatic rings. The Morgan fingerprint density at radius 1 is 1.02 bits per heavy atom. The number of anilines is 2.